The average Bonchev–Trinajstić information content (AvgIpc) is 3.19. The van der Waals surface area contributed by atoms with Crippen LogP contribution in [0.2, 0.25) is 0 Å². The van der Waals surface area contributed by atoms with Crippen molar-refractivity contribution in [1.82, 2.24) is 4.90 Å². The van der Waals surface area contributed by atoms with Crippen molar-refractivity contribution in [3.8, 4) is 11.8 Å². The van der Waals surface area contributed by atoms with Crippen molar-refractivity contribution in [1.29, 1.82) is 0 Å². The Morgan fingerprint density at radius 1 is 1.30 bits per heavy atom. The van der Waals surface area contributed by atoms with E-state index in [1.54, 1.807) is 12.1 Å². The Hall–Kier alpha value is -2.19. The number of fused-ring (bicyclic) bond motifs is 1. The Morgan fingerprint density at radius 2 is 2.00 bits per heavy atom. The van der Waals surface area contributed by atoms with Gasteiger partial charge in [0.15, 0.2) is 0 Å². The number of nitrogens with two attached hydrogens (primary N) is 1. The van der Waals surface area contributed by atoms with Crippen LogP contribution in [0.4, 0.5) is 4.39 Å². The van der Waals surface area contributed by atoms with E-state index in [1.165, 1.54) is 6.07 Å². The molecule has 1 heterocycles. The fourth-order valence-electron chi connectivity index (χ4n) is 2.50. The first kappa shape index (κ1) is 12.8. The lowest BCUT2D eigenvalue weighted by molar-refractivity contribution is -0.142. The molecule has 2 atom stereocenters. The van der Waals surface area contributed by atoms with E-state index < -0.39 is 5.82 Å². The van der Waals surface area contributed by atoms with Gasteiger partial charge in [0.25, 0.3) is 0 Å². The molecular formula is C15H13FN2O2. The average molecular weight is 272 g/mol. The second-order valence-corrected chi connectivity index (χ2v) is 5.02. The first-order valence-corrected chi connectivity index (χ1v) is 6.44. The molecule has 0 bridgehead atoms. The molecule has 5 heteroatoms. The van der Waals surface area contributed by atoms with E-state index in [4.69, 9.17) is 5.73 Å². The minimum atomic E-state index is -0.440. The number of carbonyl (C=O) groups is 2. The van der Waals surface area contributed by atoms with Gasteiger partial charge in [0, 0.05) is 11.1 Å². The van der Waals surface area contributed by atoms with Crippen LogP contribution in [0.3, 0.4) is 0 Å². The lowest BCUT2D eigenvalue weighted by Gasteiger charge is -2.16. The van der Waals surface area contributed by atoms with Gasteiger partial charge >= 0.3 is 0 Å². The number of nitrogens with zero attached hydrogens (tertiary/aromatic N) is 1. The summed E-state index contributed by atoms with van der Waals surface area (Å²) < 4.78 is 13.8. The summed E-state index contributed by atoms with van der Waals surface area (Å²) in [6.07, 6.45) is 0.651. The van der Waals surface area contributed by atoms with Gasteiger partial charge in [-0.05, 0) is 24.6 Å². The van der Waals surface area contributed by atoms with Gasteiger partial charge in [0.1, 0.15) is 5.82 Å². The van der Waals surface area contributed by atoms with Crippen LogP contribution in [0.15, 0.2) is 18.2 Å². The van der Waals surface area contributed by atoms with E-state index in [-0.39, 0.29) is 36.7 Å². The summed E-state index contributed by atoms with van der Waals surface area (Å²) in [6.45, 7) is 0.202. The molecule has 1 saturated carbocycles. The Labute approximate surface area is 115 Å². The predicted molar refractivity (Wildman–Crippen MR) is 69.5 cm³/mol. The van der Waals surface area contributed by atoms with Crippen LogP contribution in [-0.4, -0.2) is 23.3 Å². The summed E-state index contributed by atoms with van der Waals surface area (Å²) in [7, 11) is 0. The molecule has 0 radical (unpaired) electrons. The molecule has 2 N–H and O–H groups in total. The fourth-order valence-corrected chi connectivity index (χ4v) is 2.50. The number of imide groups is 1. The van der Waals surface area contributed by atoms with Crippen LogP contribution in [0.5, 0.6) is 0 Å². The molecule has 2 amide bonds. The van der Waals surface area contributed by atoms with Gasteiger partial charge in [0.05, 0.1) is 24.9 Å². The highest BCUT2D eigenvalue weighted by atomic mass is 19.1. The van der Waals surface area contributed by atoms with Gasteiger partial charge < -0.3 is 5.73 Å². The molecule has 102 valence electrons. The summed E-state index contributed by atoms with van der Waals surface area (Å²) in [5, 5.41) is 0. The standard InChI is InChI=1S/C15H13FN2O2/c16-13-4-3-9(2-1-5-17)6-10(13)8-18-14(19)11-7-12(11)15(18)20/h3-4,6,11-12H,5,7-8,17H2. The van der Waals surface area contributed by atoms with E-state index in [0.717, 1.165) is 4.90 Å². The Kier molecular flexibility index (Phi) is 3.03. The SMILES string of the molecule is NCC#Cc1ccc(F)c(CN2C(=O)C3CC3C2=O)c1. The molecule has 1 aliphatic heterocycles. The van der Waals surface area contributed by atoms with Gasteiger partial charge in [-0.25, -0.2) is 4.39 Å². The molecule has 0 aromatic heterocycles. The number of amides is 2. The second kappa shape index (κ2) is 4.73. The molecule has 1 aromatic rings. The van der Waals surface area contributed by atoms with Crippen molar-refractivity contribution in [2.45, 2.75) is 13.0 Å². The molecule has 20 heavy (non-hydrogen) atoms. The van der Waals surface area contributed by atoms with E-state index in [0.29, 0.717) is 17.5 Å². The third-order valence-corrected chi connectivity index (χ3v) is 3.67. The maximum absolute atomic E-state index is 13.8. The van der Waals surface area contributed by atoms with Crippen molar-refractivity contribution < 1.29 is 14.0 Å². The number of carbonyl (C=O) groups excluding carboxylic acids is 2. The summed E-state index contributed by atoms with van der Waals surface area (Å²) in [5.74, 6) is 4.36. The molecule has 2 fully saturated rings. The largest absolute Gasteiger partial charge is 0.320 e. The first-order chi connectivity index (χ1) is 9.61. The van der Waals surface area contributed by atoms with Crippen molar-refractivity contribution in [3.63, 3.8) is 0 Å². The topological polar surface area (TPSA) is 63.4 Å². The van der Waals surface area contributed by atoms with Crippen LogP contribution in [0.1, 0.15) is 17.5 Å². The summed E-state index contributed by atoms with van der Waals surface area (Å²) in [5.41, 5.74) is 6.21. The van der Waals surface area contributed by atoms with E-state index in [1.807, 2.05) is 0 Å². The smallest absolute Gasteiger partial charge is 0.233 e. The van der Waals surface area contributed by atoms with E-state index in [9.17, 15) is 14.0 Å². The fraction of sp³-hybridized carbons (Fsp3) is 0.333. The summed E-state index contributed by atoms with van der Waals surface area (Å²) >= 11 is 0. The number of piperidine rings is 1. The van der Waals surface area contributed by atoms with E-state index >= 15 is 0 Å². The summed E-state index contributed by atoms with van der Waals surface area (Å²) in [6, 6.07) is 4.40. The molecular weight excluding hydrogens is 259 g/mol. The van der Waals surface area contributed by atoms with Crippen molar-refractivity contribution in [2.75, 3.05) is 6.54 Å². The van der Waals surface area contributed by atoms with Crippen LogP contribution < -0.4 is 5.73 Å². The van der Waals surface area contributed by atoms with Crippen molar-refractivity contribution >= 4 is 11.8 Å². The van der Waals surface area contributed by atoms with Crippen LogP contribution >= 0.6 is 0 Å². The van der Waals surface area contributed by atoms with Crippen molar-refractivity contribution in [2.24, 2.45) is 17.6 Å². The summed E-state index contributed by atoms with van der Waals surface area (Å²) in [4.78, 5) is 24.9. The number of likely N-dealkylation sites (tertiary alicyclic amines) is 1. The third kappa shape index (κ3) is 2.08. The van der Waals surface area contributed by atoms with Gasteiger partial charge in [-0.2, -0.15) is 0 Å². The highest BCUT2D eigenvalue weighted by molar-refractivity contribution is 6.08. The minimum Gasteiger partial charge on any atom is -0.320 e. The number of rotatable bonds is 2. The van der Waals surface area contributed by atoms with Crippen molar-refractivity contribution in [3.05, 3.63) is 35.1 Å². The molecule has 1 saturated heterocycles. The Morgan fingerprint density at radius 3 is 2.65 bits per heavy atom. The number of benzene rings is 1. The van der Waals surface area contributed by atoms with Gasteiger partial charge in [0.2, 0.25) is 11.8 Å². The predicted octanol–water partition coefficient (Wildman–Crippen LogP) is 0.641. The maximum Gasteiger partial charge on any atom is 0.233 e. The molecule has 4 nitrogen and oxygen atoms in total. The van der Waals surface area contributed by atoms with Crippen LogP contribution in [-0.2, 0) is 16.1 Å². The molecule has 0 spiro atoms. The molecule has 1 aromatic carbocycles. The number of hydrogen-bond donors (Lipinski definition) is 1. The van der Waals surface area contributed by atoms with Gasteiger partial charge in [-0.3, -0.25) is 14.5 Å². The third-order valence-electron chi connectivity index (χ3n) is 3.67. The lowest BCUT2D eigenvalue weighted by Crippen LogP contribution is -2.32. The zero-order chi connectivity index (χ0) is 14.3. The number of hydrogen-bond acceptors (Lipinski definition) is 3. The van der Waals surface area contributed by atoms with E-state index in [2.05, 4.69) is 11.8 Å². The quantitative estimate of drug-likeness (QED) is 0.635. The second-order valence-electron chi connectivity index (χ2n) is 5.02. The highest BCUT2D eigenvalue weighted by Gasteiger charge is 2.58. The van der Waals surface area contributed by atoms with Crippen LogP contribution in [0, 0.1) is 29.5 Å². The van der Waals surface area contributed by atoms with Gasteiger partial charge in [-0.15, -0.1) is 0 Å². The Balaban J connectivity index is 1.83. The zero-order valence-corrected chi connectivity index (χ0v) is 10.7. The maximum atomic E-state index is 13.8. The molecule has 2 aliphatic rings. The number of halogens is 1. The van der Waals surface area contributed by atoms with Crippen LogP contribution in [0.25, 0.3) is 0 Å². The molecule has 2 unspecified atom stereocenters. The molecule has 3 rings (SSSR count). The minimum absolute atomic E-state index is 0.0192. The lowest BCUT2D eigenvalue weighted by atomic mass is 10.1. The van der Waals surface area contributed by atoms with Gasteiger partial charge in [-0.1, -0.05) is 11.8 Å². The zero-order valence-electron chi connectivity index (χ0n) is 10.7. The molecule has 1 aliphatic carbocycles. The monoisotopic (exact) mass is 272 g/mol. The normalized spacial score (nSPS) is 23.4. The highest BCUT2D eigenvalue weighted by Crippen LogP contribution is 2.47. The Bertz CT molecular complexity index is 640. The first-order valence-electron chi connectivity index (χ1n) is 6.44.